The van der Waals surface area contributed by atoms with Crippen LogP contribution in [-0.2, 0) is 11.2 Å². The number of ether oxygens (including phenoxy) is 2. The molecule has 0 spiro atoms. The van der Waals surface area contributed by atoms with Gasteiger partial charge in [-0.25, -0.2) is 14.6 Å². The first kappa shape index (κ1) is 20.3. The molecule has 1 heterocycles. The number of methoxy groups -OCH3 is 2. The summed E-state index contributed by atoms with van der Waals surface area (Å²) in [6, 6.07) is 14.4. The first-order valence-corrected chi connectivity index (χ1v) is 9.79. The van der Waals surface area contributed by atoms with Crippen molar-refractivity contribution < 1.29 is 19.1 Å². The van der Waals surface area contributed by atoms with Crippen LogP contribution in [0.5, 0.6) is 5.75 Å². The van der Waals surface area contributed by atoms with Gasteiger partial charge >= 0.3 is 12.0 Å². The molecule has 0 radical (unpaired) electrons. The van der Waals surface area contributed by atoms with Crippen molar-refractivity contribution in [3.63, 3.8) is 0 Å². The van der Waals surface area contributed by atoms with Crippen LogP contribution >= 0.6 is 11.3 Å². The van der Waals surface area contributed by atoms with Gasteiger partial charge in [0.2, 0.25) is 0 Å². The number of anilines is 1. The molecule has 29 heavy (non-hydrogen) atoms. The molecule has 8 heteroatoms. The quantitative estimate of drug-likeness (QED) is 0.574. The standard InChI is InChI=1S/C21H21N3O4S/c1-27-17-9-3-14(4-10-17)11-12-22-20(26)24-21-23-18(13-29-21)15-5-7-16(8-6-15)19(25)28-2/h3-10,13H,11-12H2,1-2H3,(H2,22,23,24,26). The summed E-state index contributed by atoms with van der Waals surface area (Å²) in [4.78, 5) is 28.0. The Hall–Kier alpha value is -3.39. The molecule has 1 aromatic heterocycles. The second kappa shape index (κ2) is 9.70. The molecular formula is C21H21N3O4S. The predicted molar refractivity (Wildman–Crippen MR) is 113 cm³/mol. The molecule has 0 atom stereocenters. The minimum atomic E-state index is -0.386. The second-order valence-electron chi connectivity index (χ2n) is 6.09. The second-order valence-corrected chi connectivity index (χ2v) is 6.94. The van der Waals surface area contributed by atoms with Crippen LogP contribution in [0.4, 0.5) is 9.93 Å². The predicted octanol–water partition coefficient (Wildman–Crippen LogP) is 3.97. The Morgan fingerprint density at radius 1 is 1.03 bits per heavy atom. The van der Waals surface area contributed by atoms with Crippen LogP contribution in [0, 0.1) is 0 Å². The first-order valence-electron chi connectivity index (χ1n) is 8.91. The molecule has 0 fully saturated rings. The van der Waals surface area contributed by atoms with Gasteiger partial charge in [-0.05, 0) is 36.2 Å². The zero-order valence-corrected chi connectivity index (χ0v) is 16.9. The summed E-state index contributed by atoms with van der Waals surface area (Å²) in [5, 5.41) is 7.90. The maximum absolute atomic E-state index is 12.1. The maximum Gasteiger partial charge on any atom is 0.337 e. The summed E-state index contributed by atoms with van der Waals surface area (Å²) in [5.74, 6) is 0.419. The Kier molecular flexibility index (Phi) is 6.80. The minimum absolute atomic E-state index is 0.305. The molecule has 3 rings (SSSR count). The monoisotopic (exact) mass is 411 g/mol. The van der Waals surface area contributed by atoms with E-state index in [1.807, 2.05) is 29.6 Å². The Labute approximate surface area is 172 Å². The van der Waals surface area contributed by atoms with Gasteiger partial charge in [0.15, 0.2) is 5.13 Å². The van der Waals surface area contributed by atoms with E-state index in [0.717, 1.165) is 22.6 Å². The lowest BCUT2D eigenvalue weighted by Gasteiger charge is -2.06. The van der Waals surface area contributed by atoms with Crippen LogP contribution in [0.15, 0.2) is 53.9 Å². The summed E-state index contributed by atoms with van der Waals surface area (Å²) in [6.07, 6.45) is 0.715. The Morgan fingerprint density at radius 2 is 1.76 bits per heavy atom. The zero-order chi connectivity index (χ0) is 20.6. The van der Waals surface area contributed by atoms with E-state index < -0.39 is 0 Å². The fourth-order valence-corrected chi connectivity index (χ4v) is 3.33. The lowest BCUT2D eigenvalue weighted by molar-refractivity contribution is 0.0600. The number of hydrogen-bond donors (Lipinski definition) is 2. The van der Waals surface area contributed by atoms with Gasteiger partial charge in [0.25, 0.3) is 0 Å². The smallest absolute Gasteiger partial charge is 0.337 e. The Bertz CT molecular complexity index is 968. The highest BCUT2D eigenvalue weighted by atomic mass is 32.1. The molecule has 2 aromatic carbocycles. The van der Waals surface area contributed by atoms with Crippen molar-refractivity contribution in [3.8, 4) is 17.0 Å². The van der Waals surface area contributed by atoms with Gasteiger partial charge in [0.1, 0.15) is 5.75 Å². The van der Waals surface area contributed by atoms with Crippen LogP contribution in [-0.4, -0.2) is 37.7 Å². The average molecular weight is 411 g/mol. The average Bonchev–Trinajstić information content (AvgIpc) is 3.22. The van der Waals surface area contributed by atoms with Crippen molar-refractivity contribution in [1.82, 2.24) is 10.3 Å². The number of rotatable bonds is 7. The number of nitrogens with one attached hydrogen (secondary N) is 2. The lowest BCUT2D eigenvalue weighted by atomic mass is 10.1. The molecule has 7 nitrogen and oxygen atoms in total. The topological polar surface area (TPSA) is 89.5 Å². The number of carbonyl (C=O) groups excluding carboxylic acids is 2. The highest BCUT2D eigenvalue weighted by Crippen LogP contribution is 2.25. The van der Waals surface area contributed by atoms with Crippen molar-refractivity contribution >= 4 is 28.5 Å². The Morgan fingerprint density at radius 3 is 2.41 bits per heavy atom. The van der Waals surface area contributed by atoms with Gasteiger partial charge in [-0.3, -0.25) is 5.32 Å². The van der Waals surface area contributed by atoms with Crippen LogP contribution < -0.4 is 15.4 Å². The largest absolute Gasteiger partial charge is 0.497 e. The molecule has 0 aliphatic heterocycles. The summed E-state index contributed by atoms with van der Waals surface area (Å²) in [7, 11) is 2.97. The molecular weight excluding hydrogens is 390 g/mol. The number of carbonyl (C=O) groups is 2. The van der Waals surface area contributed by atoms with Crippen molar-refractivity contribution in [2.24, 2.45) is 0 Å². The SMILES string of the molecule is COC(=O)c1ccc(-c2csc(NC(=O)NCCc3ccc(OC)cc3)n2)cc1. The van der Waals surface area contributed by atoms with E-state index in [1.165, 1.54) is 18.4 Å². The van der Waals surface area contributed by atoms with Gasteiger partial charge < -0.3 is 14.8 Å². The van der Waals surface area contributed by atoms with Gasteiger partial charge in [-0.1, -0.05) is 24.3 Å². The third-order valence-corrected chi connectivity index (χ3v) is 4.94. The molecule has 0 unspecified atom stereocenters. The van der Waals surface area contributed by atoms with E-state index in [2.05, 4.69) is 20.4 Å². The number of amides is 2. The van der Waals surface area contributed by atoms with E-state index >= 15 is 0 Å². The number of esters is 1. The summed E-state index contributed by atoms with van der Waals surface area (Å²) in [5.41, 5.74) is 3.15. The van der Waals surface area contributed by atoms with Gasteiger partial charge in [0, 0.05) is 17.5 Å². The fourth-order valence-electron chi connectivity index (χ4n) is 2.61. The van der Waals surface area contributed by atoms with Gasteiger partial charge in [-0.15, -0.1) is 11.3 Å². The molecule has 0 aliphatic rings. The Balaban J connectivity index is 1.50. The highest BCUT2D eigenvalue weighted by molar-refractivity contribution is 7.14. The van der Waals surface area contributed by atoms with Crippen LogP contribution in [0.25, 0.3) is 11.3 Å². The lowest BCUT2D eigenvalue weighted by Crippen LogP contribution is -2.30. The summed E-state index contributed by atoms with van der Waals surface area (Å²) < 4.78 is 9.82. The normalized spacial score (nSPS) is 10.3. The van der Waals surface area contributed by atoms with E-state index in [9.17, 15) is 9.59 Å². The molecule has 3 aromatic rings. The number of benzene rings is 2. The molecule has 0 aliphatic carbocycles. The number of nitrogens with zero attached hydrogens (tertiary/aromatic N) is 1. The van der Waals surface area contributed by atoms with E-state index in [-0.39, 0.29) is 12.0 Å². The molecule has 0 saturated carbocycles. The fraction of sp³-hybridized carbons (Fsp3) is 0.190. The third-order valence-electron chi connectivity index (χ3n) is 4.18. The van der Waals surface area contributed by atoms with Gasteiger partial charge in [-0.2, -0.15) is 0 Å². The van der Waals surface area contributed by atoms with Crippen LogP contribution in [0.3, 0.4) is 0 Å². The number of urea groups is 1. The molecule has 2 amide bonds. The number of thiazole rings is 1. The van der Waals surface area contributed by atoms with E-state index in [0.29, 0.717) is 23.7 Å². The molecule has 0 bridgehead atoms. The van der Waals surface area contributed by atoms with E-state index in [4.69, 9.17) is 4.74 Å². The molecule has 0 saturated heterocycles. The number of hydrogen-bond acceptors (Lipinski definition) is 6. The van der Waals surface area contributed by atoms with Crippen LogP contribution in [0.1, 0.15) is 15.9 Å². The third kappa shape index (κ3) is 5.55. The van der Waals surface area contributed by atoms with Crippen LogP contribution in [0.2, 0.25) is 0 Å². The summed E-state index contributed by atoms with van der Waals surface area (Å²) >= 11 is 1.33. The van der Waals surface area contributed by atoms with Crippen molar-refractivity contribution in [1.29, 1.82) is 0 Å². The van der Waals surface area contributed by atoms with Crippen molar-refractivity contribution in [2.45, 2.75) is 6.42 Å². The minimum Gasteiger partial charge on any atom is -0.497 e. The first-order chi connectivity index (χ1) is 14.1. The highest BCUT2D eigenvalue weighted by Gasteiger charge is 2.10. The molecule has 150 valence electrons. The van der Waals surface area contributed by atoms with Crippen molar-refractivity contribution in [3.05, 3.63) is 65.0 Å². The maximum atomic E-state index is 12.1. The van der Waals surface area contributed by atoms with Gasteiger partial charge in [0.05, 0.1) is 25.5 Å². The molecule has 2 N–H and O–H groups in total. The van der Waals surface area contributed by atoms with Crippen molar-refractivity contribution in [2.75, 3.05) is 26.1 Å². The zero-order valence-electron chi connectivity index (χ0n) is 16.1. The van der Waals surface area contributed by atoms with E-state index in [1.54, 1.807) is 31.4 Å². The summed E-state index contributed by atoms with van der Waals surface area (Å²) in [6.45, 7) is 0.505. The number of aromatic nitrogens is 1.